The first-order valence-electron chi connectivity index (χ1n) is 16.3. The number of nitrogens with zero attached hydrogens (tertiary/aromatic N) is 1. The van der Waals surface area contributed by atoms with E-state index in [-0.39, 0.29) is 23.3 Å². The third-order valence-electron chi connectivity index (χ3n) is 10.8. The molecule has 4 aliphatic rings. The van der Waals surface area contributed by atoms with E-state index in [2.05, 4.69) is 24.1 Å². The van der Waals surface area contributed by atoms with Gasteiger partial charge in [0.1, 0.15) is 11.3 Å². The minimum atomic E-state index is -3.70. The zero-order chi connectivity index (χ0) is 32.3. The number of fused-ring (bicyclic) bond motifs is 4. The van der Waals surface area contributed by atoms with Gasteiger partial charge in [-0.15, -0.1) is 8.78 Å². The summed E-state index contributed by atoms with van der Waals surface area (Å²) in [5.74, 6) is 0.835. The Morgan fingerprint density at radius 1 is 1.15 bits per heavy atom. The van der Waals surface area contributed by atoms with Crippen molar-refractivity contribution in [2.24, 2.45) is 11.8 Å². The minimum Gasteiger partial charge on any atom is -0.493 e. The minimum absolute atomic E-state index is 0.0314. The first kappa shape index (κ1) is 31.0. The number of carboxylic acids is 1. The van der Waals surface area contributed by atoms with Crippen LogP contribution in [0.2, 0.25) is 5.02 Å². The quantitative estimate of drug-likeness (QED) is 0.252. The molecule has 3 aliphatic carbocycles. The summed E-state index contributed by atoms with van der Waals surface area (Å²) in [7, 11) is 0. The number of carbonyl (C=O) groups is 1. The number of ether oxygens (including phenoxy) is 3. The standard InChI is InChI=1S/C36H39ClF2N2O5/c1-21(20-44-29-9-14-40-28-8-3-5-22(2)32(28)29)15-24-16-23-17-30-31(46-36(38,39)45-30)19-27(23)34(24)10-12-35(13-11-34,33(42)43)41-26-7-4-6-25(37)18-26/h4,6-7,9,14,17-19,21-22,24,41H,3,5,8,10-13,15-16,20H2,1-2H3,(H,42,43)/t21-,22-,24?,34?,35?/m1/s1. The van der Waals surface area contributed by atoms with Crippen molar-refractivity contribution in [3.8, 4) is 17.2 Å². The van der Waals surface area contributed by atoms with E-state index in [0.29, 0.717) is 55.3 Å². The van der Waals surface area contributed by atoms with Gasteiger partial charge >= 0.3 is 12.3 Å². The van der Waals surface area contributed by atoms with Crippen LogP contribution in [0.3, 0.4) is 0 Å². The van der Waals surface area contributed by atoms with Crippen molar-refractivity contribution >= 4 is 23.3 Å². The van der Waals surface area contributed by atoms with Gasteiger partial charge in [-0.25, -0.2) is 4.79 Å². The highest BCUT2D eigenvalue weighted by Crippen LogP contribution is 2.59. The lowest BCUT2D eigenvalue weighted by Gasteiger charge is -2.47. The molecule has 3 aromatic rings. The second kappa shape index (κ2) is 11.6. The first-order valence-corrected chi connectivity index (χ1v) is 16.7. The fourth-order valence-electron chi connectivity index (χ4n) is 8.55. The summed E-state index contributed by atoms with van der Waals surface area (Å²) in [6.07, 6.45) is 4.76. The fourth-order valence-corrected chi connectivity index (χ4v) is 8.74. The van der Waals surface area contributed by atoms with Gasteiger partial charge < -0.3 is 24.6 Å². The average molecular weight is 653 g/mol. The molecule has 0 saturated heterocycles. The Balaban J connectivity index is 1.15. The summed E-state index contributed by atoms with van der Waals surface area (Å²) in [6, 6.07) is 12.5. The number of hydrogen-bond acceptors (Lipinski definition) is 6. The fraction of sp³-hybridized carbons (Fsp3) is 0.500. The molecule has 2 N–H and O–H groups in total. The molecule has 2 aromatic carbocycles. The smallest absolute Gasteiger partial charge is 0.493 e. The summed E-state index contributed by atoms with van der Waals surface area (Å²) in [4.78, 5) is 17.4. The number of anilines is 1. The maximum absolute atomic E-state index is 14.0. The van der Waals surface area contributed by atoms with Crippen LogP contribution in [0.1, 0.15) is 87.1 Å². The van der Waals surface area contributed by atoms with Gasteiger partial charge in [0.25, 0.3) is 0 Å². The number of halogens is 3. The Hall–Kier alpha value is -3.59. The summed E-state index contributed by atoms with van der Waals surface area (Å²) in [5, 5.41) is 14.3. The topological polar surface area (TPSA) is 89.9 Å². The normalized spacial score (nSPS) is 27.9. The van der Waals surface area contributed by atoms with Crippen molar-refractivity contribution in [2.45, 2.75) is 94.8 Å². The lowest BCUT2D eigenvalue weighted by Crippen LogP contribution is -2.53. The molecule has 1 saturated carbocycles. The maximum Gasteiger partial charge on any atom is 0.586 e. The predicted octanol–water partition coefficient (Wildman–Crippen LogP) is 8.52. The zero-order valence-corrected chi connectivity index (χ0v) is 26.8. The van der Waals surface area contributed by atoms with Crippen LogP contribution in [0.5, 0.6) is 17.2 Å². The first-order chi connectivity index (χ1) is 22.0. The highest BCUT2D eigenvalue weighted by atomic mass is 35.5. The van der Waals surface area contributed by atoms with Crippen LogP contribution >= 0.6 is 11.6 Å². The Kier molecular flexibility index (Phi) is 7.81. The molecule has 1 spiro atoms. The zero-order valence-electron chi connectivity index (χ0n) is 26.1. The Morgan fingerprint density at radius 2 is 1.91 bits per heavy atom. The van der Waals surface area contributed by atoms with Crippen molar-refractivity contribution in [1.29, 1.82) is 0 Å². The number of aryl methyl sites for hydroxylation is 1. The van der Waals surface area contributed by atoms with Crippen LogP contribution in [0.25, 0.3) is 0 Å². The number of aromatic nitrogens is 1. The number of alkyl halides is 2. The molecule has 0 radical (unpaired) electrons. The molecular weight excluding hydrogens is 614 g/mol. The SMILES string of the molecule is C[C@@H](COc1ccnc2c1[C@H](C)CCC2)CC1Cc2cc3c(cc2C12CCC(Nc1cccc(Cl)c1)(C(=O)O)CC2)OC(F)(F)O3. The van der Waals surface area contributed by atoms with Crippen molar-refractivity contribution in [2.75, 3.05) is 11.9 Å². The number of aliphatic carboxylic acids is 1. The van der Waals surface area contributed by atoms with E-state index in [1.54, 1.807) is 30.3 Å². The second-order valence-electron chi connectivity index (χ2n) is 13.8. The van der Waals surface area contributed by atoms with Gasteiger partial charge in [0.15, 0.2) is 11.5 Å². The third-order valence-corrected chi connectivity index (χ3v) is 11.0. The Morgan fingerprint density at radius 3 is 2.65 bits per heavy atom. The third kappa shape index (κ3) is 5.54. The Labute approximate surface area is 272 Å². The molecular formula is C36H39ClF2N2O5. The average Bonchev–Trinajstić information content (AvgIpc) is 3.46. The van der Waals surface area contributed by atoms with Crippen molar-refractivity contribution in [3.63, 3.8) is 0 Å². The van der Waals surface area contributed by atoms with Gasteiger partial charge in [0.05, 0.1) is 6.61 Å². The maximum atomic E-state index is 14.0. The van der Waals surface area contributed by atoms with E-state index in [1.165, 1.54) is 5.56 Å². The monoisotopic (exact) mass is 652 g/mol. The van der Waals surface area contributed by atoms with E-state index >= 15 is 0 Å². The molecule has 244 valence electrons. The molecule has 10 heteroatoms. The van der Waals surface area contributed by atoms with Crippen molar-refractivity contribution in [3.05, 3.63) is 76.1 Å². The van der Waals surface area contributed by atoms with Crippen LogP contribution in [-0.4, -0.2) is 34.5 Å². The highest BCUT2D eigenvalue weighted by molar-refractivity contribution is 6.30. The van der Waals surface area contributed by atoms with E-state index in [0.717, 1.165) is 48.3 Å². The summed E-state index contributed by atoms with van der Waals surface area (Å²) < 4.78 is 44.2. The van der Waals surface area contributed by atoms with Gasteiger partial charge in [0.2, 0.25) is 0 Å². The number of hydrogen-bond donors (Lipinski definition) is 2. The van der Waals surface area contributed by atoms with Crippen LogP contribution in [0, 0.1) is 11.8 Å². The lowest BCUT2D eigenvalue weighted by molar-refractivity contribution is -0.286. The molecule has 2 heterocycles. The molecule has 3 atom stereocenters. The van der Waals surface area contributed by atoms with E-state index < -0.39 is 23.2 Å². The van der Waals surface area contributed by atoms with Crippen molar-refractivity contribution in [1.82, 2.24) is 4.98 Å². The van der Waals surface area contributed by atoms with E-state index in [4.69, 9.17) is 25.8 Å². The number of nitrogens with one attached hydrogen (secondary N) is 1. The Bertz CT molecular complexity index is 1660. The van der Waals surface area contributed by atoms with Gasteiger partial charge in [-0.3, -0.25) is 4.98 Å². The summed E-state index contributed by atoms with van der Waals surface area (Å²) in [5.41, 5.74) is 3.34. The van der Waals surface area contributed by atoms with Gasteiger partial charge in [-0.05, 0) is 128 Å². The van der Waals surface area contributed by atoms with Gasteiger partial charge in [-0.1, -0.05) is 31.5 Å². The van der Waals surface area contributed by atoms with Crippen LogP contribution < -0.4 is 19.5 Å². The number of pyridine rings is 1. The lowest BCUT2D eigenvalue weighted by atomic mass is 9.59. The largest absolute Gasteiger partial charge is 0.586 e. The predicted molar refractivity (Wildman–Crippen MR) is 170 cm³/mol. The van der Waals surface area contributed by atoms with Crippen LogP contribution in [0.15, 0.2) is 48.7 Å². The number of rotatable bonds is 8. The second-order valence-corrected chi connectivity index (χ2v) is 14.3. The molecule has 0 amide bonds. The number of benzene rings is 2. The molecule has 46 heavy (non-hydrogen) atoms. The molecule has 7 rings (SSSR count). The summed E-state index contributed by atoms with van der Waals surface area (Å²) in [6.45, 7) is 4.96. The van der Waals surface area contributed by atoms with Crippen molar-refractivity contribution < 1.29 is 32.9 Å². The van der Waals surface area contributed by atoms with Crippen LogP contribution in [0.4, 0.5) is 14.5 Å². The molecule has 1 unspecified atom stereocenters. The molecule has 1 aliphatic heterocycles. The van der Waals surface area contributed by atoms with E-state index in [9.17, 15) is 18.7 Å². The van der Waals surface area contributed by atoms with Gasteiger partial charge in [-0.2, -0.15) is 0 Å². The molecule has 1 aromatic heterocycles. The van der Waals surface area contributed by atoms with E-state index in [1.807, 2.05) is 18.3 Å². The molecule has 1 fully saturated rings. The highest BCUT2D eigenvalue weighted by Gasteiger charge is 2.55. The molecule has 0 bridgehead atoms. The van der Waals surface area contributed by atoms with Crippen LogP contribution in [-0.2, 0) is 23.1 Å². The molecule has 7 nitrogen and oxygen atoms in total. The van der Waals surface area contributed by atoms with Gasteiger partial charge in [0, 0.05) is 28.2 Å². The number of carboxylic acid groups (broad SMARTS) is 1. The summed E-state index contributed by atoms with van der Waals surface area (Å²) >= 11 is 6.21.